The van der Waals surface area contributed by atoms with Crippen LogP contribution in [0.4, 0.5) is 8.78 Å². The van der Waals surface area contributed by atoms with Gasteiger partial charge in [-0.1, -0.05) is 26.0 Å². The van der Waals surface area contributed by atoms with Crippen LogP contribution in [-0.2, 0) is 26.4 Å². The molecule has 0 spiro atoms. The van der Waals surface area contributed by atoms with Gasteiger partial charge in [-0.25, -0.2) is 8.78 Å². The number of hydrogen-bond acceptors (Lipinski definition) is 4. The summed E-state index contributed by atoms with van der Waals surface area (Å²) in [5, 5.41) is 0. The van der Waals surface area contributed by atoms with E-state index in [9.17, 15) is 18.1 Å². The Morgan fingerprint density at radius 2 is 1.88 bits per heavy atom. The van der Waals surface area contributed by atoms with Gasteiger partial charge in [0.1, 0.15) is 4.75 Å². The molecule has 0 amide bonds. The van der Waals surface area contributed by atoms with Crippen molar-refractivity contribution < 1.29 is 22.9 Å². The average molecular weight is 375 g/mol. The van der Waals surface area contributed by atoms with Crippen LogP contribution in [0.2, 0.25) is 0 Å². The van der Waals surface area contributed by atoms with E-state index in [1.54, 1.807) is 20.8 Å². The van der Waals surface area contributed by atoms with Gasteiger partial charge in [0.25, 0.3) is 0 Å². The maximum absolute atomic E-state index is 14.3. The van der Waals surface area contributed by atoms with Crippen molar-refractivity contribution in [2.75, 3.05) is 6.61 Å². The van der Waals surface area contributed by atoms with Gasteiger partial charge in [-0.3, -0.25) is 4.79 Å². The fourth-order valence-electron chi connectivity index (χ4n) is 2.07. The topological polar surface area (TPSA) is 61.4 Å². The van der Waals surface area contributed by atoms with Crippen LogP contribution in [0.5, 0.6) is 0 Å². The minimum absolute atomic E-state index is 0.0633. The second-order valence-electron chi connectivity index (χ2n) is 7.67. The van der Waals surface area contributed by atoms with E-state index in [1.165, 1.54) is 19.1 Å². The lowest BCUT2D eigenvalue weighted by molar-refractivity contribution is -0.146. The van der Waals surface area contributed by atoms with E-state index >= 15 is 0 Å². The molecule has 1 aromatic carbocycles. The largest absolute Gasteiger partial charge is 0.598 e. The normalized spacial score (nSPS) is 15.8. The molecular weight excluding hydrogens is 348 g/mol. The Balaban J connectivity index is 3.17. The van der Waals surface area contributed by atoms with Gasteiger partial charge in [0.15, 0.2) is 11.6 Å². The number of hydrogen-bond donors (Lipinski definition) is 1. The number of carbonyl (C=O) groups is 1. The summed E-state index contributed by atoms with van der Waals surface area (Å²) in [6.45, 7) is 10.8. The monoisotopic (exact) mass is 375 g/mol. The fraction of sp³-hybridized carbons (Fsp3) is 0.611. The summed E-state index contributed by atoms with van der Waals surface area (Å²) in [6.07, 6.45) is -0.276. The molecule has 0 aliphatic carbocycles. The highest BCUT2D eigenvalue weighted by Crippen LogP contribution is 2.31. The first kappa shape index (κ1) is 21.9. The zero-order valence-corrected chi connectivity index (χ0v) is 16.4. The van der Waals surface area contributed by atoms with Gasteiger partial charge in [0.2, 0.25) is 0 Å². The predicted octanol–water partition coefficient (Wildman–Crippen LogP) is 3.82. The predicted molar refractivity (Wildman–Crippen MR) is 95.2 cm³/mol. The summed E-state index contributed by atoms with van der Waals surface area (Å²) in [4.78, 5) is 12.2. The highest BCUT2D eigenvalue weighted by Gasteiger charge is 2.41. The lowest BCUT2D eigenvalue weighted by Crippen LogP contribution is -2.51. The van der Waals surface area contributed by atoms with Crippen molar-refractivity contribution in [1.29, 1.82) is 0 Å². The second kappa shape index (κ2) is 8.47. The lowest BCUT2D eigenvalue weighted by Gasteiger charge is -2.34. The van der Waals surface area contributed by atoms with E-state index in [0.29, 0.717) is 0 Å². The first-order valence-electron chi connectivity index (χ1n) is 8.16. The highest BCUT2D eigenvalue weighted by molar-refractivity contribution is 7.90. The van der Waals surface area contributed by atoms with Crippen LogP contribution in [0.15, 0.2) is 18.2 Å². The van der Waals surface area contributed by atoms with Crippen LogP contribution in [-0.4, -0.2) is 21.9 Å². The molecule has 0 fully saturated rings. The molecule has 0 aliphatic heterocycles. The van der Waals surface area contributed by atoms with Gasteiger partial charge in [0, 0.05) is 16.9 Å². The molecule has 0 unspecified atom stereocenters. The van der Waals surface area contributed by atoms with Crippen molar-refractivity contribution in [2.45, 2.75) is 58.2 Å². The molecule has 25 heavy (non-hydrogen) atoms. The number of esters is 1. The van der Waals surface area contributed by atoms with Crippen LogP contribution >= 0.6 is 0 Å². The van der Waals surface area contributed by atoms with E-state index in [1.807, 2.05) is 13.8 Å². The summed E-state index contributed by atoms with van der Waals surface area (Å²) >= 11 is -1.60. The number of halogens is 2. The van der Waals surface area contributed by atoms with E-state index in [4.69, 9.17) is 4.74 Å². The fourth-order valence-corrected chi connectivity index (χ4v) is 2.97. The molecule has 2 atom stereocenters. The Morgan fingerprint density at radius 1 is 1.28 bits per heavy atom. The van der Waals surface area contributed by atoms with Crippen molar-refractivity contribution in [3.8, 4) is 0 Å². The van der Waals surface area contributed by atoms with Crippen LogP contribution < -0.4 is 4.72 Å². The van der Waals surface area contributed by atoms with Crippen molar-refractivity contribution in [2.24, 2.45) is 5.92 Å². The van der Waals surface area contributed by atoms with Crippen LogP contribution in [0.1, 0.15) is 53.5 Å². The third kappa shape index (κ3) is 6.24. The van der Waals surface area contributed by atoms with Gasteiger partial charge in [-0.2, -0.15) is 0 Å². The maximum atomic E-state index is 14.3. The first-order valence-corrected chi connectivity index (χ1v) is 9.31. The van der Waals surface area contributed by atoms with E-state index in [0.717, 1.165) is 6.07 Å². The molecular formula is C18H27F2NO3S. The van der Waals surface area contributed by atoms with Crippen molar-refractivity contribution in [1.82, 2.24) is 4.72 Å². The van der Waals surface area contributed by atoms with Crippen molar-refractivity contribution in [3.63, 3.8) is 0 Å². The Hall–Kier alpha value is -1.18. The molecule has 0 saturated heterocycles. The molecule has 0 radical (unpaired) electrons. The Bertz CT molecular complexity index is 604. The summed E-state index contributed by atoms with van der Waals surface area (Å²) in [6, 6.07) is 3.73. The Labute approximate surface area is 151 Å². The van der Waals surface area contributed by atoms with Crippen LogP contribution in [0, 0.1) is 17.6 Å². The third-order valence-corrected chi connectivity index (χ3v) is 5.24. The number of carbonyl (C=O) groups excluding carboxylic acids is 1. The molecule has 142 valence electrons. The number of rotatable bonds is 7. The molecule has 0 bridgehead atoms. The minimum Gasteiger partial charge on any atom is -0.598 e. The average Bonchev–Trinajstić information content (AvgIpc) is 2.46. The zero-order valence-electron chi connectivity index (χ0n) is 15.6. The van der Waals surface area contributed by atoms with Gasteiger partial charge >= 0.3 is 5.97 Å². The quantitative estimate of drug-likeness (QED) is 0.581. The molecule has 7 heteroatoms. The summed E-state index contributed by atoms with van der Waals surface area (Å²) < 4.78 is 47.9. The van der Waals surface area contributed by atoms with Crippen molar-refractivity contribution >= 4 is 17.3 Å². The highest BCUT2D eigenvalue weighted by atomic mass is 32.2. The smallest absolute Gasteiger partial charge is 0.308 e. The zero-order chi connectivity index (χ0) is 19.4. The number of ether oxygens (including phenoxy) is 1. The lowest BCUT2D eigenvalue weighted by atomic mass is 9.89. The van der Waals surface area contributed by atoms with Gasteiger partial charge in [-0.05, 0) is 39.7 Å². The molecule has 4 nitrogen and oxygen atoms in total. The number of nitrogens with one attached hydrogen (secondary N) is 1. The Kier molecular flexibility index (Phi) is 7.40. The molecule has 0 aliphatic rings. The molecule has 0 heterocycles. The van der Waals surface area contributed by atoms with Gasteiger partial charge in [0.05, 0.1) is 18.6 Å². The molecule has 1 rings (SSSR count). The van der Waals surface area contributed by atoms with Gasteiger partial charge < -0.3 is 9.29 Å². The molecule has 0 saturated carbocycles. The van der Waals surface area contributed by atoms with Crippen LogP contribution in [0.25, 0.3) is 0 Å². The Morgan fingerprint density at radius 3 is 2.40 bits per heavy atom. The van der Waals surface area contributed by atoms with Crippen molar-refractivity contribution in [3.05, 3.63) is 35.4 Å². The maximum Gasteiger partial charge on any atom is 0.308 e. The molecule has 1 N–H and O–H groups in total. The van der Waals surface area contributed by atoms with E-state index < -0.39 is 39.3 Å². The summed E-state index contributed by atoms with van der Waals surface area (Å²) in [5.41, 5.74) is -1.44. The summed E-state index contributed by atoms with van der Waals surface area (Å²) in [7, 11) is 0. The first-order chi connectivity index (χ1) is 11.4. The van der Waals surface area contributed by atoms with Crippen LogP contribution in [0.3, 0.4) is 0 Å². The summed E-state index contributed by atoms with van der Waals surface area (Å²) in [5.74, 6) is -2.52. The van der Waals surface area contributed by atoms with Gasteiger partial charge in [-0.15, -0.1) is 4.72 Å². The third-order valence-electron chi connectivity index (χ3n) is 3.50. The number of benzene rings is 1. The standard InChI is InChI=1S/C18H27F2NO3S/c1-12(2)11-24-15(22)10-18(6,21-25(23)17(3,4)5)13-8-7-9-14(19)16(13)20/h7-9,12,21H,10-11H2,1-6H3/t18-,25+/m0/s1. The second-order valence-corrected chi connectivity index (χ2v) is 9.64. The minimum atomic E-state index is -1.60. The van der Waals surface area contributed by atoms with E-state index in [2.05, 4.69) is 4.72 Å². The molecule has 1 aromatic rings. The molecule has 0 aromatic heterocycles. The SMILES string of the molecule is CC(C)COC(=O)C[C@](C)(N[S@+]([O-])C(C)(C)C)c1cccc(F)c1F. The van der Waals surface area contributed by atoms with E-state index in [-0.39, 0.29) is 24.5 Å².